The first-order valence-electron chi connectivity index (χ1n) is 8.95. The lowest BCUT2D eigenvalue weighted by Crippen LogP contribution is -2.56. The first-order valence-corrected chi connectivity index (χ1v) is 8.95. The number of carbonyl (C=O) groups is 1. The van der Waals surface area contributed by atoms with Crippen LogP contribution in [0.2, 0.25) is 0 Å². The fraction of sp³-hybridized carbons (Fsp3) is 0.842. The average molecular weight is 304 g/mol. The van der Waals surface area contributed by atoms with Crippen molar-refractivity contribution in [2.24, 2.45) is 28.6 Å². The third-order valence-electron chi connectivity index (χ3n) is 7.72. The fourth-order valence-electron chi connectivity index (χ4n) is 6.55. The molecular weight excluding hydrogens is 276 g/mol. The second-order valence-corrected chi connectivity index (χ2v) is 8.73. The quantitative estimate of drug-likeness (QED) is 0.677. The zero-order valence-electron chi connectivity index (χ0n) is 13.7. The molecule has 0 saturated heterocycles. The highest BCUT2D eigenvalue weighted by atomic mass is 16.3. The molecule has 2 N–H and O–H groups in total. The molecule has 0 aliphatic heterocycles. The van der Waals surface area contributed by atoms with Gasteiger partial charge in [-0.2, -0.15) is 0 Å². The van der Waals surface area contributed by atoms with Crippen LogP contribution in [0.15, 0.2) is 11.6 Å². The Hall–Kier alpha value is -0.670. The van der Waals surface area contributed by atoms with Crippen LogP contribution in [-0.4, -0.2) is 28.2 Å². The van der Waals surface area contributed by atoms with E-state index in [1.54, 1.807) is 0 Å². The molecule has 7 atom stereocenters. The molecule has 4 aliphatic carbocycles. The molecule has 4 rings (SSSR count). The molecule has 3 saturated carbocycles. The lowest BCUT2D eigenvalue weighted by Gasteiger charge is -2.58. The van der Waals surface area contributed by atoms with E-state index in [1.807, 2.05) is 0 Å². The number of carbonyl (C=O) groups excluding carboxylic acids is 1. The van der Waals surface area contributed by atoms with Crippen molar-refractivity contribution in [3.05, 3.63) is 11.6 Å². The summed E-state index contributed by atoms with van der Waals surface area (Å²) >= 11 is 0. The fourth-order valence-corrected chi connectivity index (χ4v) is 6.55. The predicted octanol–water partition coefficient (Wildman–Crippen LogP) is 2.85. The lowest BCUT2D eigenvalue weighted by molar-refractivity contribution is -0.145. The third-order valence-corrected chi connectivity index (χ3v) is 7.72. The average Bonchev–Trinajstić information content (AvgIpc) is 2.75. The van der Waals surface area contributed by atoms with Gasteiger partial charge in [-0.3, -0.25) is 4.79 Å². The van der Waals surface area contributed by atoms with Crippen LogP contribution in [0.5, 0.6) is 0 Å². The largest absolute Gasteiger partial charge is 0.393 e. The van der Waals surface area contributed by atoms with Crippen molar-refractivity contribution in [3.8, 4) is 0 Å². The molecule has 0 unspecified atom stereocenters. The Bertz CT molecular complexity index is 539. The van der Waals surface area contributed by atoms with Gasteiger partial charge in [0, 0.05) is 11.8 Å². The number of aliphatic hydroxyl groups is 2. The number of allylic oxidation sites excluding steroid dienone is 1. The lowest BCUT2D eigenvalue weighted by atomic mass is 9.47. The Balaban J connectivity index is 1.74. The molecule has 0 spiro atoms. The van der Waals surface area contributed by atoms with Crippen molar-refractivity contribution in [1.82, 2.24) is 0 Å². The maximum atomic E-state index is 12.4. The second-order valence-electron chi connectivity index (χ2n) is 8.73. The number of Topliss-reactive ketones (excluding diaryl/α,β-unsaturated/α-hetero) is 1. The van der Waals surface area contributed by atoms with E-state index < -0.39 is 0 Å². The number of hydrogen-bond donors (Lipinski definition) is 2. The monoisotopic (exact) mass is 304 g/mol. The molecule has 3 nitrogen and oxygen atoms in total. The van der Waals surface area contributed by atoms with E-state index >= 15 is 0 Å². The van der Waals surface area contributed by atoms with E-state index in [0.29, 0.717) is 30.5 Å². The Labute approximate surface area is 132 Å². The van der Waals surface area contributed by atoms with E-state index in [1.165, 1.54) is 5.57 Å². The molecule has 3 heteroatoms. The molecule has 3 fully saturated rings. The van der Waals surface area contributed by atoms with Crippen molar-refractivity contribution in [1.29, 1.82) is 0 Å². The van der Waals surface area contributed by atoms with Gasteiger partial charge in [-0.25, -0.2) is 0 Å². The van der Waals surface area contributed by atoms with Gasteiger partial charge in [0.15, 0.2) is 0 Å². The van der Waals surface area contributed by atoms with E-state index in [4.69, 9.17) is 0 Å². The smallest absolute Gasteiger partial charge is 0.139 e. The molecule has 0 radical (unpaired) electrons. The van der Waals surface area contributed by atoms with Crippen molar-refractivity contribution in [2.45, 2.75) is 71.0 Å². The summed E-state index contributed by atoms with van der Waals surface area (Å²) in [6.07, 6.45) is 7.65. The number of rotatable bonds is 0. The summed E-state index contributed by atoms with van der Waals surface area (Å²) in [5.74, 6) is 1.51. The van der Waals surface area contributed by atoms with E-state index in [9.17, 15) is 15.0 Å². The molecule has 0 heterocycles. The molecule has 22 heavy (non-hydrogen) atoms. The molecule has 0 amide bonds. The van der Waals surface area contributed by atoms with Gasteiger partial charge in [-0.1, -0.05) is 25.5 Å². The highest BCUT2D eigenvalue weighted by Gasteiger charge is 2.61. The summed E-state index contributed by atoms with van der Waals surface area (Å²) in [5.41, 5.74) is 1.09. The summed E-state index contributed by atoms with van der Waals surface area (Å²) in [7, 11) is 0. The summed E-state index contributed by atoms with van der Waals surface area (Å²) in [5, 5.41) is 21.0. The van der Waals surface area contributed by atoms with Crippen LogP contribution in [0, 0.1) is 28.6 Å². The summed E-state index contributed by atoms with van der Waals surface area (Å²) < 4.78 is 0. The third kappa shape index (κ3) is 1.78. The first-order chi connectivity index (χ1) is 10.4. The van der Waals surface area contributed by atoms with Gasteiger partial charge in [0.25, 0.3) is 0 Å². The minimum Gasteiger partial charge on any atom is -0.393 e. The van der Waals surface area contributed by atoms with Crippen LogP contribution >= 0.6 is 0 Å². The molecule has 0 aromatic rings. The molecule has 122 valence electrons. The van der Waals surface area contributed by atoms with Crippen LogP contribution in [0.1, 0.15) is 58.8 Å². The maximum absolute atomic E-state index is 12.4. The minimum absolute atomic E-state index is 0.0224. The van der Waals surface area contributed by atoms with E-state index in [2.05, 4.69) is 19.9 Å². The van der Waals surface area contributed by atoms with Crippen molar-refractivity contribution in [3.63, 3.8) is 0 Å². The number of fused-ring (bicyclic) bond motifs is 5. The van der Waals surface area contributed by atoms with Crippen LogP contribution in [0.4, 0.5) is 0 Å². The Morgan fingerprint density at radius 3 is 2.73 bits per heavy atom. The highest BCUT2D eigenvalue weighted by molar-refractivity contribution is 5.87. The van der Waals surface area contributed by atoms with Crippen molar-refractivity contribution >= 4 is 5.78 Å². The van der Waals surface area contributed by atoms with E-state index in [-0.39, 0.29) is 29.0 Å². The Morgan fingerprint density at radius 1 is 1.18 bits per heavy atom. The van der Waals surface area contributed by atoms with Crippen LogP contribution in [0.25, 0.3) is 0 Å². The normalized spacial score (nSPS) is 54.3. The van der Waals surface area contributed by atoms with Crippen LogP contribution in [-0.2, 0) is 4.79 Å². The standard InChI is InChI=1S/C19H28O3/c1-18-8-7-12(20)9-11(18)3-4-13-14-5-6-16(22)19(14,2)10-15(21)17(13)18/h3,12-15,17,20-21H,4-10H2,1-2H3/t12-,13-,14-,15-,17+,18-,19-/m0/s1. The summed E-state index contributed by atoms with van der Waals surface area (Å²) in [6.45, 7) is 4.39. The molecule has 0 aromatic carbocycles. The van der Waals surface area contributed by atoms with Gasteiger partial charge >= 0.3 is 0 Å². The van der Waals surface area contributed by atoms with Crippen LogP contribution < -0.4 is 0 Å². The van der Waals surface area contributed by atoms with Gasteiger partial charge in [-0.05, 0) is 61.7 Å². The second kappa shape index (κ2) is 4.67. The SMILES string of the molecule is C[C@]12CC[C@H](O)CC1=CC[C@@H]1[C@@H]2[C@@H](O)C[C@]2(C)C(=O)CC[C@@H]12. The minimum atomic E-state index is -0.378. The molecule has 0 bridgehead atoms. The van der Waals surface area contributed by atoms with Crippen molar-refractivity contribution in [2.75, 3.05) is 0 Å². The van der Waals surface area contributed by atoms with Gasteiger partial charge in [0.1, 0.15) is 5.78 Å². The first kappa shape index (κ1) is 14.9. The van der Waals surface area contributed by atoms with Gasteiger partial charge in [0.2, 0.25) is 0 Å². The zero-order chi connectivity index (χ0) is 15.7. The Kier molecular flexibility index (Phi) is 3.16. The number of ketones is 1. The topological polar surface area (TPSA) is 57.5 Å². The molecular formula is C19H28O3. The summed E-state index contributed by atoms with van der Waals surface area (Å²) in [4.78, 5) is 12.4. The zero-order valence-corrected chi connectivity index (χ0v) is 13.7. The van der Waals surface area contributed by atoms with E-state index in [0.717, 1.165) is 32.1 Å². The van der Waals surface area contributed by atoms with Crippen molar-refractivity contribution < 1.29 is 15.0 Å². The molecule has 0 aromatic heterocycles. The van der Waals surface area contributed by atoms with Gasteiger partial charge in [0.05, 0.1) is 12.2 Å². The van der Waals surface area contributed by atoms with Crippen LogP contribution in [0.3, 0.4) is 0 Å². The van der Waals surface area contributed by atoms with Gasteiger partial charge < -0.3 is 10.2 Å². The highest BCUT2D eigenvalue weighted by Crippen LogP contribution is 2.63. The summed E-state index contributed by atoms with van der Waals surface area (Å²) in [6, 6.07) is 0. The number of hydrogen-bond acceptors (Lipinski definition) is 3. The molecule has 4 aliphatic rings. The number of aliphatic hydroxyl groups excluding tert-OH is 2. The Morgan fingerprint density at radius 2 is 1.95 bits per heavy atom. The maximum Gasteiger partial charge on any atom is 0.139 e. The van der Waals surface area contributed by atoms with Gasteiger partial charge in [-0.15, -0.1) is 0 Å². The predicted molar refractivity (Wildman–Crippen MR) is 84.1 cm³/mol.